The van der Waals surface area contributed by atoms with E-state index in [1.165, 1.54) is 0 Å². The maximum Gasteiger partial charge on any atom is 0.252 e. The first-order valence-corrected chi connectivity index (χ1v) is 8.78. The summed E-state index contributed by atoms with van der Waals surface area (Å²) in [6.45, 7) is 0.437. The van der Waals surface area contributed by atoms with Crippen LogP contribution in [0.2, 0.25) is 0 Å². The molecule has 1 unspecified atom stereocenters. The minimum Gasteiger partial charge on any atom is -0.379 e. The minimum absolute atomic E-state index is 0.284. The van der Waals surface area contributed by atoms with Crippen molar-refractivity contribution in [2.24, 2.45) is 7.05 Å². The number of aromatic nitrogens is 3. The third-order valence-electron chi connectivity index (χ3n) is 3.94. The van der Waals surface area contributed by atoms with Gasteiger partial charge in [-0.1, -0.05) is 30.3 Å². The Labute approximate surface area is 139 Å². The number of nitrogens with one attached hydrogen (secondary N) is 1. The molecule has 1 saturated heterocycles. The highest BCUT2D eigenvalue weighted by molar-refractivity contribution is 7.99. The van der Waals surface area contributed by atoms with Crippen LogP contribution in [0.5, 0.6) is 0 Å². The average molecular weight is 332 g/mol. The second kappa shape index (κ2) is 6.72. The van der Waals surface area contributed by atoms with Crippen molar-refractivity contribution in [2.75, 3.05) is 18.1 Å². The maximum atomic E-state index is 12.1. The fourth-order valence-electron chi connectivity index (χ4n) is 2.53. The van der Waals surface area contributed by atoms with E-state index in [0.29, 0.717) is 31.0 Å². The van der Waals surface area contributed by atoms with Gasteiger partial charge in [0.1, 0.15) is 5.82 Å². The van der Waals surface area contributed by atoms with Crippen LogP contribution >= 0.6 is 11.8 Å². The number of aryl methyl sites for hydroxylation is 1. The predicted molar refractivity (Wildman–Crippen MR) is 90.0 cm³/mol. The molecule has 6 nitrogen and oxygen atoms in total. The van der Waals surface area contributed by atoms with Gasteiger partial charge in [-0.3, -0.25) is 9.48 Å². The predicted octanol–water partition coefficient (Wildman–Crippen LogP) is 1.01. The molecule has 1 aliphatic heterocycles. The average Bonchev–Trinajstić information content (AvgIpc) is 3.16. The van der Waals surface area contributed by atoms with Gasteiger partial charge in [0.2, 0.25) is 0 Å². The number of thioether (sulfide) groups is 1. The van der Waals surface area contributed by atoms with Gasteiger partial charge in [0, 0.05) is 31.3 Å². The quantitative estimate of drug-likeness (QED) is 0.854. The summed E-state index contributed by atoms with van der Waals surface area (Å²) in [5, 5.41) is 17.4. The lowest BCUT2D eigenvalue weighted by molar-refractivity contribution is -0.137. The SMILES string of the molecule is Cn1nc(-c2ccccc2)nc1CCNC(=O)C1(O)CCSC1. The van der Waals surface area contributed by atoms with Crippen LogP contribution in [0.25, 0.3) is 11.4 Å². The van der Waals surface area contributed by atoms with Crippen molar-refractivity contribution in [1.29, 1.82) is 0 Å². The molecule has 0 aliphatic carbocycles. The lowest BCUT2D eigenvalue weighted by Crippen LogP contribution is -2.47. The van der Waals surface area contributed by atoms with Crippen LogP contribution in [-0.4, -0.2) is 49.4 Å². The van der Waals surface area contributed by atoms with Crippen molar-refractivity contribution in [3.63, 3.8) is 0 Å². The van der Waals surface area contributed by atoms with Gasteiger partial charge in [-0.2, -0.15) is 16.9 Å². The largest absolute Gasteiger partial charge is 0.379 e. The van der Waals surface area contributed by atoms with E-state index in [4.69, 9.17) is 0 Å². The smallest absolute Gasteiger partial charge is 0.252 e. The van der Waals surface area contributed by atoms with Crippen molar-refractivity contribution in [1.82, 2.24) is 20.1 Å². The summed E-state index contributed by atoms with van der Waals surface area (Å²) in [5.74, 6) is 2.50. The van der Waals surface area contributed by atoms with Gasteiger partial charge in [0.25, 0.3) is 5.91 Å². The molecule has 3 rings (SSSR count). The van der Waals surface area contributed by atoms with Gasteiger partial charge in [0.05, 0.1) is 0 Å². The molecule has 0 spiro atoms. The zero-order valence-electron chi connectivity index (χ0n) is 13.0. The molecule has 1 aliphatic rings. The molecular formula is C16H20N4O2S. The molecule has 1 aromatic carbocycles. The summed E-state index contributed by atoms with van der Waals surface area (Å²) in [5.41, 5.74) is -0.240. The molecule has 2 N–H and O–H groups in total. The Morgan fingerprint density at radius 3 is 2.91 bits per heavy atom. The van der Waals surface area contributed by atoms with Crippen LogP contribution in [0.3, 0.4) is 0 Å². The van der Waals surface area contributed by atoms with E-state index in [9.17, 15) is 9.90 Å². The Morgan fingerprint density at radius 1 is 1.43 bits per heavy atom. The normalized spacial score (nSPS) is 20.6. The zero-order chi connectivity index (χ0) is 16.3. The first-order chi connectivity index (χ1) is 11.1. The standard InChI is InChI=1S/C16H20N4O2S/c1-20-13(18-14(19-20)12-5-3-2-4-6-12)7-9-17-15(21)16(22)8-10-23-11-16/h2-6,22H,7-11H2,1H3,(H,17,21). The molecule has 122 valence electrons. The van der Waals surface area contributed by atoms with Gasteiger partial charge in [-0.25, -0.2) is 4.98 Å². The molecule has 0 saturated carbocycles. The number of hydrogen-bond acceptors (Lipinski definition) is 5. The van der Waals surface area contributed by atoms with Crippen molar-refractivity contribution in [3.8, 4) is 11.4 Å². The Hall–Kier alpha value is -1.86. The number of nitrogens with zero attached hydrogens (tertiary/aromatic N) is 3. The maximum absolute atomic E-state index is 12.1. The number of carbonyl (C=O) groups excluding carboxylic acids is 1. The Balaban J connectivity index is 1.59. The fourth-order valence-corrected chi connectivity index (χ4v) is 3.77. The number of carbonyl (C=O) groups is 1. The zero-order valence-corrected chi connectivity index (χ0v) is 13.8. The number of rotatable bonds is 5. The number of benzene rings is 1. The first kappa shape index (κ1) is 16.0. The van der Waals surface area contributed by atoms with E-state index in [1.54, 1.807) is 16.4 Å². The monoisotopic (exact) mass is 332 g/mol. The van der Waals surface area contributed by atoms with Crippen LogP contribution in [0.4, 0.5) is 0 Å². The molecule has 1 atom stereocenters. The van der Waals surface area contributed by atoms with Gasteiger partial charge < -0.3 is 10.4 Å². The highest BCUT2D eigenvalue weighted by Gasteiger charge is 2.39. The Morgan fingerprint density at radius 2 is 2.22 bits per heavy atom. The molecule has 1 aromatic heterocycles. The second-order valence-electron chi connectivity index (χ2n) is 5.68. The molecule has 2 aromatic rings. The van der Waals surface area contributed by atoms with Gasteiger partial charge in [0.15, 0.2) is 11.4 Å². The Bertz CT molecular complexity index is 681. The van der Waals surface area contributed by atoms with Crippen molar-refractivity contribution >= 4 is 17.7 Å². The molecule has 0 bridgehead atoms. The number of aliphatic hydroxyl groups is 1. The summed E-state index contributed by atoms with van der Waals surface area (Å²) in [4.78, 5) is 16.6. The summed E-state index contributed by atoms with van der Waals surface area (Å²) in [6, 6.07) is 9.79. The van der Waals surface area contributed by atoms with E-state index in [-0.39, 0.29) is 5.91 Å². The highest BCUT2D eigenvalue weighted by Crippen LogP contribution is 2.27. The van der Waals surface area contributed by atoms with Crippen molar-refractivity contribution in [3.05, 3.63) is 36.2 Å². The van der Waals surface area contributed by atoms with E-state index < -0.39 is 5.60 Å². The first-order valence-electron chi connectivity index (χ1n) is 7.62. The van der Waals surface area contributed by atoms with Crippen LogP contribution < -0.4 is 5.32 Å². The van der Waals surface area contributed by atoms with E-state index in [1.807, 2.05) is 37.4 Å². The van der Waals surface area contributed by atoms with Gasteiger partial charge in [-0.15, -0.1) is 0 Å². The summed E-state index contributed by atoms with van der Waals surface area (Å²) in [6.07, 6.45) is 1.09. The molecule has 1 fully saturated rings. The number of amides is 1. The second-order valence-corrected chi connectivity index (χ2v) is 6.79. The fraction of sp³-hybridized carbons (Fsp3) is 0.438. The molecule has 7 heteroatoms. The number of hydrogen-bond donors (Lipinski definition) is 2. The topological polar surface area (TPSA) is 80.0 Å². The molecule has 1 amide bonds. The van der Waals surface area contributed by atoms with Gasteiger partial charge in [-0.05, 0) is 12.2 Å². The van der Waals surface area contributed by atoms with Gasteiger partial charge >= 0.3 is 0 Å². The molecule has 2 heterocycles. The van der Waals surface area contributed by atoms with E-state index >= 15 is 0 Å². The summed E-state index contributed by atoms with van der Waals surface area (Å²) >= 11 is 1.61. The van der Waals surface area contributed by atoms with E-state index in [2.05, 4.69) is 15.4 Å². The Kier molecular flexibility index (Phi) is 4.68. The van der Waals surface area contributed by atoms with Crippen LogP contribution in [-0.2, 0) is 18.3 Å². The molecular weight excluding hydrogens is 312 g/mol. The summed E-state index contributed by atoms with van der Waals surface area (Å²) in [7, 11) is 1.84. The van der Waals surface area contributed by atoms with E-state index in [0.717, 1.165) is 17.1 Å². The van der Waals surface area contributed by atoms with Crippen LogP contribution in [0, 0.1) is 0 Å². The minimum atomic E-state index is -1.21. The van der Waals surface area contributed by atoms with Crippen molar-refractivity contribution in [2.45, 2.75) is 18.4 Å². The lowest BCUT2D eigenvalue weighted by Gasteiger charge is -2.19. The molecule has 0 radical (unpaired) electrons. The third-order valence-corrected chi connectivity index (χ3v) is 5.12. The summed E-state index contributed by atoms with van der Waals surface area (Å²) < 4.78 is 1.73. The van der Waals surface area contributed by atoms with Crippen LogP contribution in [0.1, 0.15) is 12.2 Å². The van der Waals surface area contributed by atoms with Crippen LogP contribution in [0.15, 0.2) is 30.3 Å². The third kappa shape index (κ3) is 3.56. The van der Waals surface area contributed by atoms with Crippen molar-refractivity contribution < 1.29 is 9.90 Å². The lowest BCUT2D eigenvalue weighted by atomic mass is 10.0. The highest BCUT2D eigenvalue weighted by atomic mass is 32.2. The molecule has 23 heavy (non-hydrogen) atoms.